The van der Waals surface area contributed by atoms with E-state index in [1.54, 1.807) is 0 Å². The van der Waals surface area contributed by atoms with Crippen molar-refractivity contribution in [1.82, 2.24) is 20.4 Å². The quantitative estimate of drug-likeness (QED) is 0.817. The van der Waals surface area contributed by atoms with Gasteiger partial charge in [0.25, 0.3) is 5.91 Å². The maximum absolute atomic E-state index is 12.2. The number of carbonyl (C=O) groups is 1. The van der Waals surface area contributed by atoms with Crippen LogP contribution in [0.1, 0.15) is 48.8 Å². The SMILES string of the molecule is CC(C)n1cc2c(n1)C(=O)NC1(CCNCC1)C2.Cl. The average molecular weight is 285 g/mol. The number of piperidine rings is 1. The van der Waals surface area contributed by atoms with Gasteiger partial charge in [0.2, 0.25) is 0 Å². The Balaban J connectivity index is 0.00000133. The minimum Gasteiger partial charge on any atom is -0.345 e. The number of aromatic nitrogens is 2. The highest BCUT2D eigenvalue weighted by atomic mass is 35.5. The molecule has 5 nitrogen and oxygen atoms in total. The Bertz CT molecular complexity index is 477. The minimum atomic E-state index is -0.0415. The van der Waals surface area contributed by atoms with E-state index in [9.17, 15) is 4.79 Å². The second-order valence-electron chi connectivity index (χ2n) is 5.74. The number of hydrogen-bond donors (Lipinski definition) is 2. The first kappa shape index (κ1) is 14.3. The van der Waals surface area contributed by atoms with Gasteiger partial charge >= 0.3 is 0 Å². The van der Waals surface area contributed by atoms with Gasteiger partial charge in [-0.2, -0.15) is 5.10 Å². The largest absolute Gasteiger partial charge is 0.345 e. The molecule has 1 aromatic rings. The van der Waals surface area contributed by atoms with E-state index in [1.807, 2.05) is 10.9 Å². The molecule has 0 atom stereocenters. The molecule has 0 radical (unpaired) electrons. The molecule has 0 bridgehead atoms. The monoisotopic (exact) mass is 284 g/mol. The van der Waals surface area contributed by atoms with Gasteiger partial charge in [-0.15, -0.1) is 12.4 Å². The predicted molar refractivity (Wildman–Crippen MR) is 75.9 cm³/mol. The molecule has 1 saturated heterocycles. The summed E-state index contributed by atoms with van der Waals surface area (Å²) in [6.07, 6.45) is 4.97. The van der Waals surface area contributed by atoms with Crippen molar-refractivity contribution in [2.75, 3.05) is 13.1 Å². The summed E-state index contributed by atoms with van der Waals surface area (Å²) >= 11 is 0. The Kier molecular flexibility index (Phi) is 3.87. The maximum atomic E-state index is 12.2. The molecule has 0 unspecified atom stereocenters. The molecule has 0 saturated carbocycles. The number of hydrogen-bond acceptors (Lipinski definition) is 3. The summed E-state index contributed by atoms with van der Waals surface area (Å²) in [6.45, 7) is 6.12. The van der Waals surface area contributed by atoms with Crippen LogP contribution in [-0.4, -0.2) is 34.3 Å². The van der Waals surface area contributed by atoms with Gasteiger partial charge in [-0.25, -0.2) is 0 Å². The molecule has 1 fully saturated rings. The summed E-state index contributed by atoms with van der Waals surface area (Å²) in [5.74, 6) is -0.00227. The third-order valence-corrected chi connectivity index (χ3v) is 4.02. The normalized spacial score (nSPS) is 20.9. The predicted octanol–water partition coefficient (Wildman–Crippen LogP) is 1.29. The second-order valence-corrected chi connectivity index (χ2v) is 5.74. The van der Waals surface area contributed by atoms with E-state index >= 15 is 0 Å². The molecule has 1 aromatic heterocycles. The van der Waals surface area contributed by atoms with Crippen LogP contribution in [0, 0.1) is 0 Å². The molecule has 106 valence electrons. The third-order valence-electron chi connectivity index (χ3n) is 4.02. The van der Waals surface area contributed by atoms with Crippen molar-refractivity contribution < 1.29 is 4.79 Å². The first-order valence-corrected chi connectivity index (χ1v) is 6.71. The zero-order chi connectivity index (χ0) is 12.8. The van der Waals surface area contributed by atoms with Gasteiger partial charge in [0, 0.05) is 23.3 Å². The van der Waals surface area contributed by atoms with E-state index in [0.29, 0.717) is 11.7 Å². The lowest BCUT2D eigenvalue weighted by Gasteiger charge is -2.40. The lowest BCUT2D eigenvalue weighted by atomic mass is 9.80. The van der Waals surface area contributed by atoms with Gasteiger partial charge in [0.15, 0.2) is 5.69 Å². The molecular formula is C13H21ClN4O. The van der Waals surface area contributed by atoms with Crippen molar-refractivity contribution >= 4 is 18.3 Å². The molecule has 0 aromatic carbocycles. The Morgan fingerprint density at radius 1 is 1.37 bits per heavy atom. The smallest absolute Gasteiger partial charge is 0.272 e. The number of amides is 1. The molecule has 1 amide bonds. The van der Waals surface area contributed by atoms with Crippen LogP contribution in [0.3, 0.4) is 0 Å². The van der Waals surface area contributed by atoms with Gasteiger partial charge < -0.3 is 10.6 Å². The summed E-state index contributed by atoms with van der Waals surface area (Å²) in [6, 6.07) is 0.298. The van der Waals surface area contributed by atoms with Crippen LogP contribution in [0.4, 0.5) is 0 Å². The summed E-state index contributed by atoms with van der Waals surface area (Å²) in [5.41, 5.74) is 1.68. The van der Waals surface area contributed by atoms with Crippen LogP contribution in [0.5, 0.6) is 0 Å². The summed E-state index contributed by atoms with van der Waals surface area (Å²) in [5, 5.41) is 10.9. The van der Waals surface area contributed by atoms with E-state index in [1.165, 1.54) is 0 Å². The molecule has 6 heteroatoms. The fourth-order valence-corrected chi connectivity index (χ4v) is 2.93. The number of carbonyl (C=O) groups excluding carboxylic acids is 1. The maximum Gasteiger partial charge on any atom is 0.272 e. The number of rotatable bonds is 1. The number of halogens is 1. The highest BCUT2D eigenvalue weighted by Crippen LogP contribution is 2.29. The van der Waals surface area contributed by atoms with E-state index in [4.69, 9.17) is 0 Å². The van der Waals surface area contributed by atoms with Crippen LogP contribution < -0.4 is 10.6 Å². The van der Waals surface area contributed by atoms with Gasteiger partial charge in [0.1, 0.15) is 0 Å². The minimum absolute atomic E-state index is 0. The second kappa shape index (κ2) is 5.13. The number of fused-ring (bicyclic) bond motifs is 1. The van der Waals surface area contributed by atoms with Gasteiger partial charge in [-0.05, 0) is 46.2 Å². The highest BCUT2D eigenvalue weighted by molar-refractivity contribution is 5.95. The van der Waals surface area contributed by atoms with Crippen LogP contribution in [0.25, 0.3) is 0 Å². The van der Waals surface area contributed by atoms with Gasteiger partial charge in [-0.1, -0.05) is 0 Å². The number of nitrogens with one attached hydrogen (secondary N) is 2. The zero-order valence-corrected chi connectivity index (χ0v) is 12.2. The topological polar surface area (TPSA) is 59.0 Å². The van der Waals surface area contributed by atoms with E-state index in [-0.39, 0.29) is 23.9 Å². The standard InChI is InChI=1S/C13H20N4O.ClH/c1-9(2)17-8-10-7-13(3-5-14-6-4-13)15-12(18)11(10)16-17;/h8-9,14H,3-7H2,1-2H3,(H,15,18);1H. The lowest BCUT2D eigenvalue weighted by molar-refractivity contribution is 0.0845. The Labute approximate surface area is 119 Å². The molecule has 0 aliphatic carbocycles. The van der Waals surface area contributed by atoms with E-state index in [2.05, 4.69) is 29.6 Å². The van der Waals surface area contributed by atoms with Crippen LogP contribution in [-0.2, 0) is 6.42 Å². The molecular weight excluding hydrogens is 264 g/mol. The first-order valence-electron chi connectivity index (χ1n) is 6.71. The van der Waals surface area contributed by atoms with Gasteiger partial charge in [0.05, 0.1) is 0 Å². The van der Waals surface area contributed by atoms with Crippen molar-refractivity contribution in [2.24, 2.45) is 0 Å². The highest BCUT2D eigenvalue weighted by Gasteiger charge is 2.40. The lowest BCUT2D eigenvalue weighted by Crippen LogP contribution is -2.58. The van der Waals surface area contributed by atoms with Gasteiger partial charge in [-0.3, -0.25) is 9.48 Å². The number of nitrogens with zero attached hydrogens (tertiary/aromatic N) is 2. The van der Waals surface area contributed by atoms with E-state index < -0.39 is 0 Å². The fraction of sp³-hybridized carbons (Fsp3) is 0.692. The molecule has 2 aliphatic heterocycles. The van der Waals surface area contributed by atoms with Crippen molar-refractivity contribution in [3.8, 4) is 0 Å². The van der Waals surface area contributed by atoms with E-state index in [0.717, 1.165) is 37.9 Å². The summed E-state index contributed by atoms with van der Waals surface area (Å²) in [4.78, 5) is 12.2. The van der Waals surface area contributed by atoms with Crippen molar-refractivity contribution in [3.05, 3.63) is 17.5 Å². The third kappa shape index (κ3) is 2.49. The fourth-order valence-electron chi connectivity index (χ4n) is 2.93. The van der Waals surface area contributed by atoms with Crippen LogP contribution in [0.2, 0.25) is 0 Å². The molecule has 19 heavy (non-hydrogen) atoms. The van der Waals surface area contributed by atoms with Crippen LogP contribution >= 0.6 is 12.4 Å². The Hall–Kier alpha value is -1.07. The summed E-state index contributed by atoms with van der Waals surface area (Å²) < 4.78 is 1.89. The average Bonchev–Trinajstić information content (AvgIpc) is 2.74. The van der Waals surface area contributed by atoms with Crippen LogP contribution in [0.15, 0.2) is 6.20 Å². The molecule has 2 N–H and O–H groups in total. The van der Waals surface area contributed by atoms with Crippen molar-refractivity contribution in [3.63, 3.8) is 0 Å². The molecule has 1 spiro atoms. The van der Waals surface area contributed by atoms with Crippen molar-refractivity contribution in [2.45, 2.75) is 44.7 Å². The Morgan fingerprint density at radius 2 is 2.05 bits per heavy atom. The Morgan fingerprint density at radius 3 is 2.68 bits per heavy atom. The first-order chi connectivity index (χ1) is 8.60. The van der Waals surface area contributed by atoms with Crippen molar-refractivity contribution in [1.29, 1.82) is 0 Å². The molecule has 2 aliphatic rings. The summed E-state index contributed by atoms with van der Waals surface area (Å²) in [7, 11) is 0. The zero-order valence-electron chi connectivity index (χ0n) is 11.4. The molecule has 3 rings (SSSR count). The molecule has 3 heterocycles.